The van der Waals surface area contributed by atoms with Gasteiger partial charge in [0, 0.05) is 0 Å². The first-order valence-corrected chi connectivity index (χ1v) is 5.49. The molecule has 0 aliphatic rings. The van der Waals surface area contributed by atoms with Crippen molar-refractivity contribution in [3.05, 3.63) is 11.9 Å². The van der Waals surface area contributed by atoms with Crippen LogP contribution in [0.4, 0.5) is 0 Å². The minimum absolute atomic E-state index is 0.454. The predicted octanol–water partition coefficient (Wildman–Crippen LogP) is 2.08. The molecule has 0 aliphatic heterocycles. The molecule has 0 aliphatic carbocycles. The van der Waals surface area contributed by atoms with E-state index < -0.39 is 7.94 Å². The summed E-state index contributed by atoms with van der Waals surface area (Å²) in [6, 6.07) is 0. The normalized spacial score (nSPS) is 13.1. The Hall–Kier alpha value is 0.0500. The van der Waals surface area contributed by atoms with Gasteiger partial charge in [0.2, 0.25) is 0 Å². The molecule has 0 aromatic heterocycles. The maximum absolute atomic E-state index is 9.68. The molecular weight excluding hydrogens is 163 g/mol. The van der Waals surface area contributed by atoms with Crippen molar-refractivity contribution in [1.82, 2.24) is 0 Å². The van der Waals surface area contributed by atoms with Crippen LogP contribution in [-0.4, -0.2) is 18.1 Å². The van der Waals surface area contributed by atoms with Crippen LogP contribution in [0.25, 0.3) is 0 Å². The Morgan fingerprint density at radius 2 is 1.73 bits per heavy atom. The van der Waals surface area contributed by atoms with Crippen LogP contribution >= 0.6 is 7.94 Å². The van der Waals surface area contributed by atoms with Crippen LogP contribution in [-0.2, 0) is 9.05 Å². The van der Waals surface area contributed by atoms with Gasteiger partial charge in [-0.2, -0.15) is 0 Å². The molecule has 3 nitrogen and oxygen atoms in total. The van der Waals surface area contributed by atoms with Gasteiger partial charge in [0.25, 0.3) is 0 Å². The molecule has 1 N–H and O–H groups in total. The van der Waals surface area contributed by atoms with Crippen molar-refractivity contribution in [2.24, 2.45) is 0 Å². The van der Waals surface area contributed by atoms with Crippen LogP contribution in [0.3, 0.4) is 0 Å². The summed E-state index contributed by atoms with van der Waals surface area (Å²) in [4.78, 5) is 9.68. The molecule has 0 saturated carbocycles. The fraction of sp³-hybridized carbons (Fsp3) is 0.714. The third-order valence-electron chi connectivity index (χ3n) is 1.22. The fourth-order valence-electron chi connectivity index (χ4n) is 0.679. The molecule has 0 heterocycles. The van der Waals surface area contributed by atoms with Crippen molar-refractivity contribution >= 4 is 7.94 Å². The van der Waals surface area contributed by atoms with Gasteiger partial charge in [-0.1, -0.05) is 0 Å². The second kappa shape index (κ2) is 4.83. The van der Waals surface area contributed by atoms with Gasteiger partial charge in [-0.05, 0) is 0 Å². The zero-order chi connectivity index (χ0) is 8.91. The van der Waals surface area contributed by atoms with Crippen molar-refractivity contribution in [2.75, 3.05) is 13.2 Å². The van der Waals surface area contributed by atoms with Crippen LogP contribution in [0.1, 0.15) is 20.8 Å². The Balaban J connectivity index is 4.13. The van der Waals surface area contributed by atoms with Crippen LogP contribution in [0.2, 0.25) is 0 Å². The third-order valence-corrected chi connectivity index (χ3v) is 3.66. The Bertz CT molecular complexity index is 130. The first-order chi connectivity index (χ1) is 5.06. The standard InChI is InChI=1S/C7H17O3P/c1-5-9-11(8,7(3)4)10-6-2/h8,11H,3,5-6H2,1-2,4H3. The quantitative estimate of drug-likeness (QED) is 0.658. The minimum atomic E-state index is -3.02. The molecule has 0 rings (SSSR count). The van der Waals surface area contributed by atoms with Gasteiger partial charge in [-0.25, -0.2) is 0 Å². The van der Waals surface area contributed by atoms with Crippen molar-refractivity contribution in [3.8, 4) is 0 Å². The second-order valence-electron chi connectivity index (χ2n) is 2.23. The molecule has 4 heteroatoms. The second-order valence-corrected chi connectivity index (χ2v) is 4.82. The summed E-state index contributed by atoms with van der Waals surface area (Å²) in [7, 11) is -3.02. The van der Waals surface area contributed by atoms with Gasteiger partial charge in [0.05, 0.1) is 0 Å². The van der Waals surface area contributed by atoms with Crippen LogP contribution in [0.15, 0.2) is 11.9 Å². The molecule has 0 spiro atoms. The molecule has 0 fully saturated rings. The van der Waals surface area contributed by atoms with E-state index in [-0.39, 0.29) is 0 Å². The number of hydrogen-bond acceptors (Lipinski definition) is 3. The number of rotatable bonds is 5. The Labute approximate surface area is 68.6 Å². The van der Waals surface area contributed by atoms with E-state index in [1.165, 1.54) is 0 Å². The number of hydrogen-bond donors (Lipinski definition) is 1. The summed E-state index contributed by atoms with van der Waals surface area (Å²) in [5, 5.41) is 0.598. The summed E-state index contributed by atoms with van der Waals surface area (Å²) in [6.07, 6.45) is 0. The first kappa shape index (κ1) is 11.1. The van der Waals surface area contributed by atoms with E-state index in [4.69, 9.17) is 9.05 Å². The summed E-state index contributed by atoms with van der Waals surface area (Å²) in [5.74, 6) is 0. The van der Waals surface area contributed by atoms with Gasteiger partial charge >= 0.3 is 67.8 Å². The van der Waals surface area contributed by atoms with Crippen molar-refractivity contribution in [2.45, 2.75) is 20.8 Å². The molecule has 0 unspecified atom stereocenters. The van der Waals surface area contributed by atoms with Crippen molar-refractivity contribution < 1.29 is 13.9 Å². The average Bonchev–Trinajstić information content (AvgIpc) is 1.88. The summed E-state index contributed by atoms with van der Waals surface area (Å²) < 4.78 is 10.2. The molecule has 0 aromatic rings. The summed E-state index contributed by atoms with van der Waals surface area (Å²) in [6.45, 7) is 9.89. The van der Waals surface area contributed by atoms with Crippen LogP contribution < -0.4 is 0 Å². The first-order valence-electron chi connectivity index (χ1n) is 3.73. The van der Waals surface area contributed by atoms with Crippen LogP contribution in [0.5, 0.6) is 0 Å². The van der Waals surface area contributed by atoms with E-state index >= 15 is 0 Å². The van der Waals surface area contributed by atoms with E-state index in [9.17, 15) is 4.89 Å². The molecule has 0 amide bonds. The van der Waals surface area contributed by atoms with Gasteiger partial charge < -0.3 is 0 Å². The Morgan fingerprint density at radius 1 is 1.36 bits per heavy atom. The Morgan fingerprint density at radius 3 is 1.91 bits per heavy atom. The molecule has 11 heavy (non-hydrogen) atoms. The topological polar surface area (TPSA) is 38.7 Å². The van der Waals surface area contributed by atoms with E-state index in [2.05, 4.69) is 6.58 Å². The molecule has 0 aromatic carbocycles. The summed E-state index contributed by atoms with van der Waals surface area (Å²) in [5.41, 5.74) is 0. The zero-order valence-corrected chi connectivity index (χ0v) is 8.39. The van der Waals surface area contributed by atoms with E-state index in [1.54, 1.807) is 6.92 Å². The van der Waals surface area contributed by atoms with E-state index in [1.807, 2.05) is 13.8 Å². The van der Waals surface area contributed by atoms with Gasteiger partial charge in [-0.3, -0.25) is 0 Å². The summed E-state index contributed by atoms with van der Waals surface area (Å²) >= 11 is 0. The molecule has 68 valence electrons. The zero-order valence-electron chi connectivity index (χ0n) is 7.39. The van der Waals surface area contributed by atoms with Gasteiger partial charge in [0.1, 0.15) is 0 Å². The number of allylic oxidation sites excluding steroid dienone is 1. The monoisotopic (exact) mass is 180 g/mol. The van der Waals surface area contributed by atoms with Gasteiger partial charge in [0.15, 0.2) is 0 Å². The maximum atomic E-state index is 9.68. The average molecular weight is 180 g/mol. The van der Waals surface area contributed by atoms with E-state index in [0.29, 0.717) is 18.5 Å². The fourth-order valence-corrected chi connectivity index (χ4v) is 2.04. The molecule has 0 bridgehead atoms. The van der Waals surface area contributed by atoms with Crippen molar-refractivity contribution in [3.63, 3.8) is 0 Å². The Kier molecular flexibility index (Phi) is 4.86. The van der Waals surface area contributed by atoms with Gasteiger partial charge in [-0.15, -0.1) is 0 Å². The predicted molar refractivity (Wildman–Crippen MR) is 48.6 cm³/mol. The van der Waals surface area contributed by atoms with E-state index in [0.717, 1.165) is 0 Å². The molecule has 0 saturated heterocycles. The molecular formula is C7H17O3P. The van der Waals surface area contributed by atoms with Crippen LogP contribution in [0, 0.1) is 0 Å². The van der Waals surface area contributed by atoms with Crippen molar-refractivity contribution in [1.29, 1.82) is 0 Å². The molecule has 0 atom stereocenters. The SMILES string of the molecule is C=C(C)[PH](O)(OCC)OCC. The third kappa shape index (κ3) is 3.30. The molecule has 0 radical (unpaired) electrons.